The third-order valence-corrected chi connectivity index (χ3v) is 3.41. The predicted molar refractivity (Wildman–Crippen MR) is 78.9 cm³/mol. The van der Waals surface area contributed by atoms with Crippen LogP contribution in [0.1, 0.15) is 29.8 Å². The van der Waals surface area contributed by atoms with Gasteiger partial charge in [0.05, 0.1) is 12.8 Å². The number of amides is 1. The van der Waals surface area contributed by atoms with Crippen molar-refractivity contribution >= 4 is 23.4 Å². The fraction of sp³-hybridized carbons (Fsp3) is 0.500. The van der Waals surface area contributed by atoms with Crippen LogP contribution in [0.4, 0.5) is 11.5 Å². The van der Waals surface area contributed by atoms with Crippen molar-refractivity contribution in [2.75, 3.05) is 37.8 Å². The summed E-state index contributed by atoms with van der Waals surface area (Å²) >= 11 is 0. The van der Waals surface area contributed by atoms with Crippen molar-refractivity contribution in [1.82, 2.24) is 9.88 Å². The number of pyridine rings is 1. The minimum atomic E-state index is -0.522. The van der Waals surface area contributed by atoms with Crippen molar-refractivity contribution in [2.24, 2.45) is 0 Å². The zero-order valence-corrected chi connectivity index (χ0v) is 12.1. The van der Waals surface area contributed by atoms with Crippen LogP contribution in [-0.2, 0) is 9.53 Å². The third kappa shape index (κ3) is 3.84. The number of ether oxygens (including phenoxy) is 1. The number of hydrogen-bond acceptors (Lipinski definition) is 6. The van der Waals surface area contributed by atoms with Gasteiger partial charge in [-0.1, -0.05) is 0 Å². The van der Waals surface area contributed by atoms with E-state index in [1.807, 2.05) is 4.90 Å². The van der Waals surface area contributed by atoms with Gasteiger partial charge in [-0.2, -0.15) is 0 Å². The van der Waals surface area contributed by atoms with E-state index in [9.17, 15) is 9.59 Å². The molecule has 2 heterocycles. The number of nitrogens with one attached hydrogen (secondary N) is 1. The highest BCUT2D eigenvalue weighted by molar-refractivity contribution is 5.88. The number of nitrogens with two attached hydrogens (primary N) is 1. The molecule has 1 saturated heterocycles. The molecule has 1 amide bonds. The molecule has 1 aliphatic heterocycles. The minimum Gasteiger partial charge on any atom is -0.464 e. The number of nitrogen functional groups attached to an aromatic ring is 1. The number of rotatable bonds is 5. The first-order chi connectivity index (χ1) is 10.1. The topological polar surface area (TPSA) is 97.5 Å². The fourth-order valence-corrected chi connectivity index (χ4v) is 2.24. The maximum atomic E-state index is 11.9. The van der Waals surface area contributed by atoms with E-state index in [2.05, 4.69) is 15.0 Å². The summed E-state index contributed by atoms with van der Waals surface area (Å²) in [6, 6.07) is 3.09. The summed E-state index contributed by atoms with van der Waals surface area (Å²) in [6.07, 6.45) is 2.53. The summed E-state index contributed by atoms with van der Waals surface area (Å²) in [5, 5.41) is 3.00. The Morgan fingerprint density at radius 3 is 2.76 bits per heavy atom. The number of nitrogens with zero attached hydrogens (tertiary/aromatic N) is 2. The first-order valence-corrected chi connectivity index (χ1v) is 6.98. The molecular weight excluding hydrogens is 272 g/mol. The molecule has 0 saturated carbocycles. The summed E-state index contributed by atoms with van der Waals surface area (Å²) in [6.45, 7) is 2.12. The quantitative estimate of drug-likeness (QED) is 0.782. The van der Waals surface area contributed by atoms with E-state index >= 15 is 0 Å². The first kappa shape index (κ1) is 15.1. The van der Waals surface area contributed by atoms with Crippen molar-refractivity contribution in [1.29, 1.82) is 0 Å². The van der Waals surface area contributed by atoms with Gasteiger partial charge in [0.1, 0.15) is 5.82 Å². The van der Waals surface area contributed by atoms with Crippen LogP contribution in [0.15, 0.2) is 12.1 Å². The average molecular weight is 292 g/mol. The lowest BCUT2D eigenvalue weighted by atomic mass is 10.3. The van der Waals surface area contributed by atoms with E-state index in [1.165, 1.54) is 13.2 Å². The Hall–Kier alpha value is -2.31. The molecule has 0 spiro atoms. The summed E-state index contributed by atoms with van der Waals surface area (Å²) in [4.78, 5) is 29.3. The van der Waals surface area contributed by atoms with Crippen LogP contribution in [0, 0.1) is 0 Å². The highest BCUT2D eigenvalue weighted by atomic mass is 16.5. The van der Waals surface area contributed by atoms with Crippen LogP contribution in [-0.4, -0.2) is 48.5 Å². The molecule has 2 rings (SSSR count). The summed E-state index contributed by atoms with van der Waals surface area (Å²) in [7, 11) is 1.29. The van der Waals surface area contributed by atoms with Gasteiger partial charge in [0.25, 0.3) is 0 Å². The van der Waals surface area contributed by atoms with E-state index in [0.717, 1.165) is 25.9 Å². The Kier molecular flexibility index (Phi) is 4.97. The number of carbonyl (C=O) groups excluding carboxylic acids is 2. The summed E-state index contributed by atoms with van der Waals surface area (Å²) < 4.78 is 4.61. The van der Waals surface area contributed by atoms with E-state index in [-0.39, 0.29) is 11.6 Å². The Morgan fingerprint density at radius 1 is 1.38 bits per heavy atom. The van der Waals surface area contributed by atoms with Crippen molar-refractivity contribution in [3.63, 3.8) is 0 Å². The number of carbonyl (C=O) groups is 2. The second kappa shape index (κ2) is 6.92. The summed E-state index contributed by atoms with van der Waals surface area (Å²) in [5.41, 5.74) is 6.41. The monoisotopic (exact) mass is 292 g/mol. The Labute approximate surface area is 123 Å². The zero-order valence-electron chi connectivity index (χ0n) is 12.1. The predicted octanol–water partition coefficient (Wildman–Crippen LogP) is 0.875. The van der Waals surface area contributed by atoms with E-state index in [0.29, 0.717) is 24.5 Å². The molecular formula is C14H20N4O3. The molecule has 114 valence electrons. The second-order valence-corrected chi connectivity index (χ2v) is 4.89. The van der Waals surface area contributed by atoms with Crippen LogP contribution >= 0.6 is 0 Å². The fourth-order valence-electron chi connectivity index (χ4n) is 2.24. The van der Waals surface area contributed by atoms with E-state index < -0.39 is 5.97 Å². The number of methoxy groups -OCH3 is 1. The Morgan fingerprint density at radius 2 is 2.10 bits per heavy atom. The van der Waals surface area contributed by atoms with Gasteiger partial charge in [-0.15, -0.1) is 0 Å². The third-order valence-electron chi connectivity index (χ3n) is 3.41. The maximum absolute atomic E-state index is 11.9. The Balaban J connectivity index is 1.90. The standard InChI is InChI=1S/C14H20N4O3/c1-21-14(20)11-5-4-10(15)13(17-11)16-7-6-12(19)18-8-2-3-9-18/h4-5H,2-3,6-9,15H2,1H3,(H,16,17). The van der Waals surface area contributed by atoms with Gasteiger partial charge in [-0.3, -0.25) is 4.79 Å². The number of anilines is 2. The summed E-state index contributed by atoms with van der Waals surface area (Å²) in [5.74, 6) is 0.000934. The van der Waals surface area contributed by atoms with Crippen molar-refractivity contribution < 1.29 is 14.3 Å². The average Bonchev–Trinajstić information content (AvgIpc) is 3.02. The molecule has 0 aliphatic carbocycles. The van der Waals surface area contributed by atoms with Gasteiger partial charge in [-0.25, -0.2) is 9.78 Å². The molecule has 21 heavy (non-hydrogen) atoms. The Bertz CT molecular complexity index is 527. The molecule has 0 aromatic carbocycles. The van der Waals surface area contributed by atoms with Crippen molar-refractivity contribution in [2.45, 2.75) is 19.3 Å². The van der Waals surface area contributed by atoms with Gasteiger partial charge in [0.15, 0.2) is 5.69 Å². The molecule has 1 fully saturated rings. The zero-order chi connectivity index (χ0) is 15.2. The molecule has 0 bridgehead atoms. The molecule has 0 radical (unpaired) electrons. The lowest BCUT2D eigenvalue weighted by Gasteiger charge is -2.15. The van der Waals surface area contributed by atoms with Crippen LogP contribution in [0.25, 0.3) is 0 Å². The van der Waals surface area contributed by atoms with Gasteiger partial charge in [0.2, 0.25) is 5.91 Å². The highest BCUT2D eigenvalue weighted by Crippen LogP contribution is 2.16. The highest BCUT2D eigenvalue weighted by Gasteiger charge is 2.17. The number of esters is 1. The van der Waals surface area contributed by atoms with Crippen LogP contribution < -0.4 is 11.1 Å². The van der Waals surface area contributed by atoms with E-state index in [1.54, 1.807) is 6.07 Å². The van der Waals surface area contributed by atoms with Gasteiger partial charge < -0.3 is 20.7 Å². The molecule has 7 nitrogen and oxygen atoms in total. The van der Waals surface area contributed by atoms with Gasteiger partial charge >= 0.3 is 5.97 Å². The van der Waals surface area contributed by atoms with Crippen molar-refractivity contribution in [3.8, 4) is 0 Å². The molecule has 1 aliphatic rings. The molecule has 0 atom stereocenters. The lowest BCUT2D eigenvalue weighted by Crippen LogP contribution is -2.29. The van der Waals surface area contributed by atoms with Crippen LogP contribution in [0.3, 0.4) is 0 Å². The van der Waals surface area contributed by atoms with E-state index in [4.69, 9.17) is 5.73 Å². The number of likely N-dealkylation sites (tertiary alicyclic amines) is 1. The van der Waals surface area contributed by atoms with Gasteiger partial charge in [-0.05, 0) is 25.0 Å². The molecule has 1 aromatic heterocycles. The smallest absolute Gasteiger partial charge is 0.356 e. The molecule has 0 unspecified atom stereocenters. The van der Waals surface area contributed by atoms with Crippen LogP contribution in [0.2, 0.25) is 0 Å². The number of aromatic nitrogens is 1. The second-order valence-electron chi connectivity index (χ2n) is 4.89. The number of hydrogen-bond donors (Lipinski definition) is 2. The minimum absolute atomic E-state index is 0.127. The van der Waals surface area contributed by atoms with Crippen molar-refractivity contribution in [3.05, 3.63) is 17.8 Å². The van der Waals surface area contributed by atoms with Gasteiger partial charge in [0, 0.05) is 26.1 Å². The largest absolute Gasteiger partial charge is 0.464 e. The van der Waals surface area contributed by atoms with Crippen LogP contribution in [0.5, 0.6) is 0 Å². The molecule has 3 N–H and O–H groups in total. The SMILES string of the molecule is COC(=O)c1ccc(N)c(NCCC(=O)N2CCCC2)n1. The normalized spacial score (nSPS) is 14.0. The molecule has 1 aromatic rings. The maximum Gasteiger partial charge on any atom is 0.356 e. The molecule has 7 heteroatoms. The lowest BCUT2D eigenvalue weighted by molar-refractivity contribution is -0.129. The first-order valence-electron chi connectivity index (χ1n) is 6.98.